The zero-order valence-corrected chi connectivity index (χ0v) is 49.6. The van der Waals surface area contributed by atoms with Gasteiger partial charge in [0.05, 0.1) is 11.0 Å². The fraction of sp³-hybridized carbons (Fsp3) is 0.351. The third-order valence-corrected chi connectivity index (χ3v) is 22.1. The highest BCUT2D eigenvalue weighted by Gasteiger charge is 2.45. The van der Waals surface area contributed by atoms with E-state index < -0.39 is 0 Å². The summed E-state index contributed by atoms with van der Waals surface area (Å²) in [7, 11) is 2.62. The average molecular weight is 1030 g/mol. The van der Waals surface area contributed by atoms with Crippen molar-refractivity contribution in [2.24, 2.45) is 0 Å². The number of benzene rings is 8. The molecule has 1 aliphatic heterocycles. The van der Waals surface area contributed by atoms with Gasteiger partial charge < -0.3 is 9.88 Å². The SMILES string of the molecule is CC(C)(C)c1ccc(Nc2cc3c(cc2-c2c4c5c(c6cc7c(cc6n5-c5cc6c(cc5[B]4)C(C)(C)c4ccccc4-6)C(C)(C)CCC7(C)C)c4sc5ccccc5c24)C(C)(C)c2cc4c(cc2-3)C(C)(C)CCC4(C)C)cc1. The number of nitrogens with one attached hydrogen (secondary N) is 1. The van der Waals surface area contributed by atoms with Crippen molar-refractivity contribution in [3.8, 4) is 39.1 Å². The zero-order valence-electron chi connectivity index (χ0n) is 48.8. The van der Waals surface area contributed by atoms with Crippen LogP contribution in [0, 0.1) is 0 Å². The Hall–Kier alpha value is -6.36. The molecule has 2 aromatic heterocycles. The number of hydrogen-bond acceptors (Lipinski definition) is 2. The van der Waals surface area contributed by atoms with Crippen LogP contribution in [-0.2, 0) is 37.9 Å². The number of thiophene rings is 1. The lowest BCUT2D eigenvalue weighted by molar-refractivity contribution is 0.331. The Morgan fingerprint density at radius 1 is 0.487 bits per heavy atom. The minimum absolute atomic E-state index is 0.0468. The van der Waals surface area contributed by atoms with Crippen LogP contribution in [0.25, 0.3) is 81.0 Å². The lowest BCUT2D eigenvalue weighted by Crippen LogP contribution is -2.38. The molecule has 2 nitrogen and oxygen atoms in total. The van der Waals surface area contributed by atoms with E-state index in [9.17, 15) is 0 Å². The predicted octanol–water partition coefficient (Wildman–Crippen LogP) is 19.1. The molecule has 0 saturated heterocycles. The molecule has 10 aromatic rings. The Kier molecular flexibility index (Phi) is 9.56. The van der Waals surface area contributed by atoms with E-state index in [-0.39, 0.29) is 37.9 Å². The molecular formula is C74H74BN2S. The topological polar surface area (TPSA) is 17.0 Å². The first-order valence-electron chi connectivity index (χ1n) is 29.2. The standard InChI is InChI=1S/C74H74BN2S/c1-68(2,3)40-24-26-41(27-25-40)76-58-35-45-44-32-53-55(71(8,9)30-28-69(53,4)5)37-51(44)74(14,15)50(45)33-47(58)62-63-43-21-17-19-23-61(43)78-67(63)64-48-34-54-56(72(10,11)31-29-70(54,6)7)39-59(48)77-60-36-46-42-20-16-18-22-49(42)73(12,13)52(46)38-57(60)75-65(62)66(64)77/h16-27,32-39,76H,28-31H2,1-15H3. The Morgan fingerprint density at radius 3 is 1.73 bits per heavy atom. The van der Waals surface area contributed by atoms with Crippen molar-refractivity contribution < 1.29 is 0 Å². The van der Waals surface area contributed by atoms with Gasteiger partial charge in [-0.3, -0.25) is 0 Å². The van der Waals surface area contributed by atoms with Crippen molar-refractivity contribution >= 4 is 82.9 Å². The molecule has 0 fully saturated rings. The summed E-state index contributed by atoms with van der Waals surface area (Å²) in [5.74, 6) is 0. The molecule has 15 rings (SSSR count). The van der Waals surface area contributed by atoms with Gasteiger partial charge in [0.2, 0.25) is 0 Å². The fourth-order valence-electron chi connectivity index (χ4n) is 15.8. The van der Waals surface area contributed by atoms with Crippen LogP contribution in [0.3, 0.4) is 0 Å². The van der Waals surface area contributed by atoms with Crippen molar-refractivity contribution in [2.45, 2.75) is 167 Å². The van der Waals surface area contributed by atoms with E-state index in [4.69, 9.17) is 0 Å². The van der Waals surface area contributed by atoms with E-state index in [1.54, 1.807) is 0 Å². The van der Waals surface area contributed by atoms with Crippen molar-refractivity contribution in [1.29, 1.82) is 0 Å². The molecule has 389 valence electrons. The summed E-state index contributed by atoms with van der Waals surface area (Å²) in [6.45, 7) is 36.7. The number of aromatic nitrogens is 1. The van der Waals surface area contributed by atoms with Crippen LogP contribution in [-0.4, -0.2) is 11.8 Å². The minimum atomic E-state index is -0.235. The maximum atomic E-state index is 4.20. The van der Waals surface area contributed by atoms with Crippen LogP contribution in [0.2, 0.25) is 0 Å². The smallest absolute Gasteiger partial charge is 0.197 e. The molecule has 0 amide bonds. The second-order valence-electron chi connectivity index (χ2n) is 29.3. The highest BCUT2D eigenvalue weighted by atomic mass is 32.1. The lowest BCUT2D eigenvalue weighted by Gasteiger charge is -2.42. The number of fused-ring (bicyclic) bond motifs is 17. The van der Waals surface area contributed by atoms with E-state index in [0.717, 1.165) is 11.4 Å². The maximum absolute atomic E-state index is 4.20. The van der Waals surface area contributed by atoms with Gasteiger partial charge in [-0.05, 0) is 191 Å². The van der Waals surface area contributed by atoms with E-state index >= 15 is 0 Å². The van der Waals surface area contributed by atoms with Crippen LogP contribution >= 0.6 is 11.3 Å². The van der Waals surface area contributed by atoms with E-state index in [2.05, 4.69) is 242 Å². The van der Waals surface area contributed by atoms with Crippen LogP contribution in [0.1, 0.15) is 180 Å². The van der Waals surface area contributed by atoms with Gasteiger partial charge in [-0.1, -0.05) is 176 Å². The Morgan fingerprint density at radius 2 is 1.04 bits per heavy atom. The summed E-state index contributed by atoms with van der Waals surface area (Å²) in [4.78, 5) is 0. The van der Waals surface area contributed by atoms with Crippen LogP contribution in [0.4, 0.5) is 11.4 Å². The Balaban J connectivity index is 1.10. The Labute approximate surface area is 467 Å². The molecule has 0 atom stereocenters. The first-order chi connectivity index (χ1) is 36.8. The van der Waals surface area contributed by atoms with Gasteiger partial charge in [-0.15, -0.1) is 11.3 Å². The Bertz CT molecular complexity index is 4340. The number of anilines is 2. The molecule has 5 aliphatic rings. The summed E-state index contributed by atoms with van der Waals surface area (Å²) in [6.07, 6.45) is 4.73. The third kappa shape index (κ3) is 6.45. The summed E-state index contributed by atoms with van der Waals surface area (Å²) in [6, 6.07) is 48.7. The molecule has 0 spiro atoms. The van der Waals surface area contributed by atoms with E-state index in [1.807, 2.05) is 11.3 Å². The predicted molar refractivity (Wildman–Crippen MR) is 338 cm³/mol. The lowest BCUT2D eigenvalue weighted by atomic mass is 9.57. The monoisotopic (exact) mass is 1030 g/mol. The number of hydrogen-bond donors (Lipinski definition) is 1. The fourth-order valence-corrected chi connectivity index (χ4v) is 17.1. The summed E-state index contributed by atoms with van der Waals surface area (Å²) in [5.41, 5.74) is 29.9. The number of nitrogens with zero attached hydrogens (tertiary/aromatic N) is 1. The van der Waals surface area contributed by atoms with Crippen LogP contribution < -0.4 is 16.2 Å². The number of rotatable bonds is 3. The molecule has 1 N–H and O–H groups in total. The average Bonchev–Trinajstić information content (AvgIpc) is 3.15. The largest absolute Gasteiger partial charge is 0.355 e. The van der Waals surface area contributed by atoms with Gasteiger partial charge in [-0.2, -0.15) is 0 Å². The molecule has 4 aliphatic carbocycles. The van der Waals surface area contributed by atoms with Gasteiger partial charge in [0, 0.05) is 64.4 Å². The van der Waals surface area contributed by atoms with Crippen LogP contribution in [0.15, 0.2) is 121 Å². The van der Waals surface area contributed by atoms with E-state index in [1.165, 1.54) is 168 Å². The molecule has 1 radical (unpaired) electrons. The van der Waals surface area contributed by atoms with E-state index in [0.29, 0.717) is 0 Å². The maximum Gasteiger partial charge on any atom is 0.197 e. The molecule has 0 unspecified atom stereocenters. The molecule has 0 bridgehead atoms. The molecule has 4 heteroatoms. The second-order valence-corrected chi connectivity index (χ2v) is 30.4. The molecule has 78 heavy (non-hydrogen) atoms. The van der Waals surface area contributed by atoms with Gasteiger partial charge >= 0.3 is 0 Å². The quantitative estimate of drug-likeness (QED) is 0.175. The minimum Gasteiger partial charge on any atom is -0.355 e. The molecule has 8 aromatic carbocycles. The second kappa shape index (κ2) is 15.3. The van der Waals surface area contributed by atoms with Crippen molar-refractivity contribution in [3.63, 3.8) is 0 Å². The first kappa shape index (κ1) is 48.7. The summed E-state index contributed by atoms with van der Waals surface area (Å²) >= 11 is 2.00. The van der Waals surface area contributed by atoms with Crippen molar-refractivity contribution in [3.05, 3.63) is 171 Å². The van der Waals surface area contributed by atoms with Gasteiger partial charge in [-0.25, -0.2) is 0 Å². The van der Waals surface area contributed by atoms with Gasteiger partial charge in [0.15, 0.2) is 7.28 Å². The first-order valence-corrected chi connectivity index (χ1v) is 30.0. The molecule has 0 saturated carbocycles. The molecule has 3 heterocycles. The normalized spacial score (nSPS) is 19.0. The molecular weight excluding hydrogens is 960 g/mol. The zero-order chi connectivity index (χ0) is 54.3. The third-order valence-electron chi connectivity index (χ3n) is 20.9. The van der Waals surface area contributed by atoms with Gasteiger partial charge in [0.1, 0.15) is 0 Å². The van der Waals surface area contributed by atoms with Crippen molar-refractivity contribution in [2.75, 3.05) is 5.32 Å². The van der Waals surface area contributed by atoms with Crippen molar-refractivity contribution in [1.82, 2.24) is 4.57 Å². The van der Waals surface area contributed by atoms with Gasteiger partial charge in [0.25, 0.3) is 0 Å². The highest BCUT2D eigenvalue weighted by molar-refractivity contribution is 7.27. The summed E-state index contributed by atoms with van der Waals surface area (Å²) < 4.78 is 5.46. The van der Waals surface area contributed by atoms with Crippen LogP contribution in [0.5, 0.6) is 0 Å². The highest BCUT2D eigenvalue weighted by Crippen LogP contribution is 2.59. The summed E-state index contributed by atoms with van der Waals surface area (Å²) in [5, 5.41) is 9.66.